The number of carbonyl (C=O) groups is 2. The van der Waals surface area contributed by atoms with Crippen LogP contribution in [0, 0.1) is 0 Å². The minimum Gasteiger partial charge on any atom is -0.478 e. The second-order valence-electron chi connectivity index (χ2n) is 7.05. The Balaban J connectivity index is 1.43. The summed E-state index contributed by atoms with van der Waals surface area (Å²) in [6.45, 7) is 3.97. The molecular weight excluding hydrogens is 318 g/mol. The van der Waals surface area contributed by atoms with Gasteiger partial charge < -0.3 is 15.3 Å². The summed E-state index contributed by atoms with van der Waals surface area (Å²) < 4.78 is 0. The number of amides is 2. The highest BCUT2D eigenvalue weighted by atomic mass is 16.4. The molecule has 1 aromatic carbocycles. The van der Waals surface area contributed by atoms with Gasteiger partial charge in [-0.1, -0.05) is 31.4 Å². The van der Waals surface area contributed by atoms with E-state index in [9.17, 15) is 9.59 Å². The first-order valence-corrected chi connectivity index (χ1v) is 9.22. The first-order valence-electron chi connectivity index (χ1n) is 9.22. The Morgan fingerprint density at radius 3 is 2.24 bits per heavy atom. The van der Waals surface area contributed by atoms with Gasteiger partial charge in [-0.3, -0.25) is 4.90 Å². The van der Waals surface area contributed by atoms with Gasteiger partial charge in [-0.25, -0.2) is 9.59 Å². The number of nitrogens with one attached hydrogen (secondary N) is 1. The van der Waals surface area contributed by atoms with Crippen molar-refractivity contribution >= 4 is 12.0 Å². The van der Waals surface area contributed by atoms with Gasteiger partial charge in [0.05, 0.1) is 5.56 Å². The number of rotatable bonds is 4. The van der Waals surface area contributed by atoms with Crippen molar-refractivity contribution in [3.05, 3.63) is 35.4 Å². The van der Waals surface area contributed by atoms with E-state index >= 15 is 0 Å². The molecule has 6 heteroatoms. The molecule has 1 aliphatic carbocycles. The molecule has 1 aromatic rings. The van der Waals surface area contributed by atoms with Crippen LogP contribution >= 0.6 is 0 Å². The number of carboxylic acids is 1. The molecular formula is C19H27N3O3. The molecule has 1 saturated carbocycles. The maximum atomic E-state index is 12.4. The van der Waals surface area contributed by atoms with Crippen molar-refractivity contribution in [3.8, 4) is 0 Å². The Morgan fingerprint density at radius 1 is 1.00 bits per heavy atom. The molecule has 136 valence electrons. The lowest BCUT2D eigenvalue weighted by Crippen LogP contribution is -2.53. The van der Waals surface area contributed by atoms with E-state index in [1.54, 1.807) is 12.1 Å². The summed E-state index contributed by atoms with van der Waals surface area (Å²) in [5.41, 5.74) is 1.41. The molecule has 1 aliphatic heterocycles. The summed E-state index contributed by atoms with van der Waals surface area (Å²) in [6, 6.07) is 7.46. The highest BCUT2D eigenvalue weighted by Crippen LogP contribution is 2.18. The van der Waals surface area contributed by atoms with E-state index in [1.807, 2.05) is 17.0 Å². The maximum Gasteiger partial charge on any atom is 0.335 e. The molecule has 6 nitrogen and oxygen atoms in total. The van der Waals surface area contributed by atoms with Crippen molar-refractivity contribution in [1.82, 2.24) is 15.1 Å². The summed E-state index contributed by atoms with van der Waals surface area (Å²) in [5.74, 6) is -0.899. The Bertz CT molecular complexity index is 588. The van der Waals surface area contributed by atoms with Crippen molar-refractivity contribution in [2.24, 2.45) is 0 Å². The normalized spacial score (nSPS) is 19.6. The van der Waals surface area contributed by atoms with Gasteiger partial charge >= 0.3 is 12.0 Å². The van der Waals surface area contributed by atoms with E-state index in [2.05, 4.69) is 10.2 Å². The molecule has 3 rings (SSSR count). The summed E-state index contributed by atoms with van der Waals surface area (Å²) in [5, 5.41) is 12.1. The fourth-order valence-electron chi connectivity index (χ4n) is 3.63. The van der Waals surface area contributed by atoms with Gasteiger partial charge in [-0.2, -0.15) is 0 Å². The van der Waals surface area contributed by atoms with Crippen LogP contribution < -0.4 is 5.32 Å². The molecule has 1 saturated heterocycles. The number of benzene rings is 1. The topological polar surface area (TPSA) is 72.9 Å². The number of hydrogen-bond donors (Lipinski definition) is 2. The number of carbonyl (C=O) groups excluding carboxylic acids is 1. The van der Waals surface area contributed by atoms with Crippen molar-refractivity contribution in [2.75, 3.05) is 26.2 Å². The standard InChI is InChI=1S/C19H27N3O3/c23-18(24)16-8-6-15(7-9-16)14-21-10-12-22(13-11-21)19(25)20-17-4-2-1-3-5-17/h6-9,17H,1-5,10-14H2,(H,20,25)(H,23,24). The van der Waals surface area contributed by atoms with Gasteiger partial charge in [-0.05, 0) is 30.5 Å². The van der Waals surface area contributed by atoms with Crippen LogP contribution in [0.15, 0.2) is 24.3 Å². The number of aromatic carboxylic acids is 1. The highest BCUT2D eigenvalue weighted by molar-refractivity contribution is 5.87. The zero-order chi connectivity index (χ0) is 17.6. The Morgan fingerprint density at radius 2 is 1.64 bits per heavy atom. The average molecular weight is 345 g/mol. The van der Waals surface area contributed by atoms with Crippen LogP contribution in [-0.2, 0) is 6.54 Å². The number of urea groups is 1. The number of piperazine rings is 1. The molecule has 0 unspecified atom stereocenters. The molecule has 0 atom stereocenters. The predicted molar refractivity (Wildman–Crippen MR) is 95.7 cm³/mol. The van der Waals surface area contributed by atoms with E-state index in [4.69, 9.17) is 5.11 Å². The third-order valence-corrected chi connectivity index (χ3v) is 5.20. The molecule has 0 bridgehead atoms. The summed E-state index contributed by atoms with van der Waals surface area (Å²) >= 11 is 0. The van der Waals surface area contributed by atoms with Crippen molar-refractivity contribution in [1.29, 1.82) is 0 Å². The third kappa shape index (κ3) is 4.95. The van der Waals surface area contributed by atoms with Crippen LogP contribution in [0.5, 0.6) is 0 Å². The van der Waals surface area contributed by atoms with Gasteiger partial charge in [0, 0.05) is 38.8 Å². The highest BCUT2D eigenvalue weighted by Gasteiger charge is 2.23. The van der Waals surface area contributed by atoms with E-state index in [0.29, 0.717) is 11.6 Å². The molecule has 2 fully saturated rings. The SMILES string of the molecule is O=C(O)c1ccc(CN2CCN(C(=O)NC3CCCCC3)CC2)cc1. The van der Waals surface area contributed by atoms with Gasteiger partial charge in [0.2, 0.25) is 0 Å². The van der Waals surface area contributed by atoms with Crippen molar-refractivity contribution in [3.63, 3.8) is 0 Å². The third-order valence-electron chi connectivity index (χ3n) is 5.20. The molecule has 2 N–H and O–H groups in total. The monoisotopic (exact) mass is 345 g/mol. The quantitative estimate of drug-likeness (QED) is 0.880. The number of nitrogens with zero attached hydrogens (tertiary/aromatic N) is 2. The summed E-state index contributed by atoms with van der Waals surface area (Å²) in [6.07, 6.45) is 5.95. The summed E-state index contributed by atoms with van der Waals surface area (Å²) in [7, 11) is 0. The van der Waals surface area contributed by atoms with E-state index in [-0.39, 0.29) is 6.03 Å². The second-order valence-corrected chi connectivity index (χ2v) is 7.05. The van der Waals surface area contributed by atoms with Crippen LogP contribution in [0.3, 0.4) is 0 Å². The van der Waals surface area contributed by atoms with Gasteiger partial charge in [0.15, 0.2) is 0 Å². The fourth-order valence-corrected chi connectivity index (χ4v) is 3.63. The molecule has 0 radical (unpaired) electrons. The molecule has 2 amide bonds. The van der Waals surface area contributed by atoms with Gasteiger partial charge in [-0.15, -0.1) is 0 Å². The smallest absolute Gasteiger partial charge is 0.335 e. The van der Waals surface area contributed by atoms with Crippen LogP contribution in [0.25, 0.3) is 0 Å². The number of hydrogen-bond acceptors (Lipinski definition) is 3. The predicted octanol–water partition coefficient (Wildman–Crippen LogP) is 2.54. The first kappa shape index (κ1) is 17.7. The van der Waals surface area contributed by atoms with Crippen LogP contribution in [0.2, 0.25) is 0 Å². The van der Waals surface area contributed by atoms with Crippen LogP contribution in [0.4, 0.5) is 4.79 Å². The zero-order valence-corrected chi connectivity index (χ0v) is 14.6. The maximum absolute atomic E-state index is 12.4. The summed E-state index contributed by atoms with van der Waals surface area (Å²) in [4.78, 5) is 27.5. The van der Waals surface area contributed by atoms with Crippen molar-refractivity contribution < 1.29 is 14.7 Å². The molecule has 2 aliphatic rings. The van der Waals surface area contributed by atoms with Crippen molar-refractivity contribution in [2.45, 2.75) is 44.7 Å². The van der Waals surface area contributed by atoms with Gasteiger partial charge in [0.1, 0.15) is 0 Å². The lowest BCUT2D eigenvalue weighted by atomic mass is 9.96. The zero-order valence-electron chi connectivity index (χ0n) is 14.6. The van der Waals surface area contributed by atoms with E-state index in [1.165, 1.54) is 19.3 Å². The Hall–Kier alpha value is -2.08. The lowest BCUT2D eigenvalue weighted by Gasteiger charge is -2.36. The second kappa shape index (κ2) is 8.34. The Kier molecular flexibility index (Phi) is 5.91. The molecule has 1 heterocycles. The van der Waals surface area contributed by atoms with E-state index in [0.717, 1.165) is 51.1 Å². The minimum atomic E-state index is -0.899. The Labute approximate surface area is 148 Å². The largest absolute Gasteiger partial charge is 0.478 e. The fraction of sp³-hybridized carbons (Fsp3) is 0.579. The lowest BCUT2D eigenvalue weighted by molar-refractivity contribution is 0.0697. The number of carboxylic acid groups (broad SMARTS) is 1. The molecule has 0 aromatic heterocycles. The first-order chi connectivity index (χ1) is 12.1. The van der Waals surface area contributed by atoms with Gasteiger partial charge in [0.25, 0.3) is 0 Å². The minimum absolute atomic E-state index is 0.0809. The van der Waals surface area contributed by atoms with E-state index < -0.39 is 5.97 Å². The molecule has 0 spiro atoms. The van der Waals surface area contributed by atoms with Crippen LogP contribution in [-0.4, -0.2) is 59.1 Å². The molecule has 25 heavy (non-hydrogen) atoms. The van der Waals surface area contributed by atoms with Crippen LogP contribution in [0.1, 0.15) is 48.0 Å². The average Bonchev–Trinajstić information content (AvgIpc) is 2.63.